The number of nitrogens with zero attached hydrogens (tertiary/aromatic N) is 3. The second-order valence-electron chi connectivity index (χ2n) is 6.46. The van der Waals surface area contributed by atoms with Crippen molar-refractivity contribution in [3.63, 3.8) is 0 Å². The SMILES string of the molecule is CC(C)c1nn(CC(=O)O)c2c1CN(Cc1ccccc1)CC2. The van der Waals surface area contributed by atoms with Crippen LogP contribution in [0.15, 0.2) is 30.3 Å². The lowest BCUT2D eigenvalue weighted by molar-refractivity contribution is -0.137. The van der Waals surface area contributed by atoms with E-state index in [9.17, 15) is 4.79 Å². The topological polar surface area (TPSA) is 58.4 Å². The molecule has 0 saturated heterocycles. The largest absolute Gasteiger partial charge is 0.480 e. The Labute approximate surface area is 136 Å². The molecule has 0 aliphatic carbocycles. The van der Waals surface area contributed by atoms with Crippen LogP contribution < -0.4 is 0 Å². The predicted octanol–water partition coefficient (Wildman–Crippen LogP) is 2.65. The number of hydrogen-bond donors (Lipinski definition) is 1. The van der Waals surface area contributed by atoms with Crippen molar-refractivity contribution in [2.24, 2.45) is 0 Å². The third-order valence-corrected chi connectivity index (χ3v) is 4.33. The van der Waals surface area contributed by atoms with E-state index in [0.29, 0.717) is 5.92 Å². The van der Waals surface area contributed by atoms with E-state index >= 15 is 0 Å². The Kier molecular flexibility index (Phi) is 4.48. The van der Waals surface area contributed by atoms with Crippen LogP contribution in [0.4, 0.5) is 0 Å². The summed E-state index contributed by atoms with van der Waals surface area (Å²) in [6.07, 6.45) is 0.856. The summed E-state index contributed by atoms with van der Waals surface area (Å²) in [5, 5.41) is 13.7. The van der Waals surface area contributed by atoms with Crippen molar-refractivity contribution in [1.82, 2.24) is 14.7 Å². The molecule has 2 aromatic rings. The molecule has 0 amide bonds. The molecular formula is C18H23N3O2. The summed E-state index contributed by atoms with van der Waals surface area (Å²) in [7, 11) is 0. The number of fused-ring (bicyclic) bond motifs is 1. The zero-order valence-electron chi connectivity index (χ0n) is 13.7. The van der Waals surface area contributed by atoms with Crippen molar-refractivity contribution in [2.75, 3.05) is 6.54 Å². The molecule has 3 rings (SSSR count). The minimum absolute atomic E-state index is 0.0479. The highest BCUT2D eigenvalue weighted by Crippen LogP contribution is 2.28. The van der Waals surface area contributed by atoms with E-state index in [1.54, 1.807) is 4.68 Å². The van der Waals surface area contributed by atoms with Crippen LogP contribution in [0.5, 0.6) is 0 Å². The van der Waals surface area contributed by atoms with Crippen molar-refractivity contribution in [2.45, 2.75) is 45.8 Å². The third-order valence-electron chi connectivity index (χ3n) is 4.33. The maximum absolute atomic E-state index is 11.1. The van der Waals surface area contributed by atoms with Gasteiger partial charge in [-0.2, -0.15) is 5.10 Å². The van der Waals surface area contributed by atoms with Gasteiger partial charge in [-0.25, -0.2) is 0 Å². The van der Waals surface area contributed by atoms with Crippen LogP contribution in [0.1, 0.15) is 42.3 Å². The number of benzene rings is 1. The van der Waals surface area contributed by atoms with Gasteiger partial charge in [-0.3, -0.25) is 14.4 Å². The summed E-state index contributed by atoms with van der Waals surface area (Å²) in [4.78, 5) is 13.5. The number of carboxylic acid groups (broad SMARTS) is 1. The Morgan fingerprint density at radius 2 is 2.04 bits per heavy atom. The summed E-state index contributed by atoms with van der Waals surface area (Å²) in [6.45, 7) is 6.88. The minimum atomic E-state index is -0.836. The predicted molar refractivity (Wildman–Crippen MR) is 88.2 cm³/mol. The van der Waals surface area contributed by atoms with Crippen LogP contribution in [-0.4, -0.2) is 32.3 Å². The van der Waals surface area contributed by atoms with E-state index < -0.39 is 5.97 Å². The second kappa shape index (κ2) is 6.54. The minimum Gasteiger partial charge on any atom is -0.480 e. The Bertz CT molecular complexity index is 692. The quantitative estimate of drug-likeness (QED) is 0.922. The molecule has 1 aromatic heterocycles. The molecule has 5 heteroatoms. The van der Waals surface area contributed by atoms with Gasteiger partial charge in [-0.15, -0.1) is 0 Å². The van der Waals surface area contributed by atoms with E-state index in [1.807, 2.05) is 6.07 Å². The zero-order chi connectivity index (χ0) is 16.4. The van der Waals surface area contributed by atoms with Gasteiger partial charge in [0.1, 0.15) is 6.54 Å². The molecule has 0 spiro atoms. The van der Waals surface area contributed by atoms with E-state index in [4.69, 9.17) is 5.11 Å². The van der Waals surface area contributed by atoms with E-state index in [2.05, 4.69) is 48.1 Å². The van der Waals surface area contributed by atoms with Crippen molar-refractivity contribution in [3.8, 4) is 0 Å². The molecule has 1 aliphatic heterocycles. The second-order valence-corrected chi connectivity index (χ2v) is 6.46. The van der Waals surface area contributed by atoms with Crippen LogP contribution >= 0.6 is 0 Å². The number of aliphatic carboxylic acids is 1. The molecular weight excluding hydrogens is 290 g/mol. The van der Waals surface area contributed by atoms with Crippen molar-refractivity contribution in [1.29, 1.82) is 0 Å². The maximum Gasteiger partial charge on any atom is 0.325 e. The highest BCUT2D eigenvalue weighted by atomic mass is 16.4. The number of hydrogen-bond acceptors (Lipinski definition) is 3. The first-order valence-electron chi connectivity index (χ1n) is 8.11. The smallest absolute Gasteiger partial charge is 0.325 e. The Morgan fingerprint density at radius 3 is 2.70 bits per heavy atom. The molecule has 1 aromatic carbocycles. The summed E-state index contributed by atoms with van der Waals surface area (Å²) in [5.74, 6) is -0.534. The van der Waals surface area contributed by atoms with Gasteiger partial charge < -0.3 is 5.11 Å². The highest BCUT2D eigenvalue weighted by Gasteiger charge is 2.26. The van der Waals surface area contributed by atoms with Gasteiger partial charge in [-0.05, 0) is 11.5 Å². The molecule has 0 bridgehead atoms. The molecule has 0 fully saturated rings. The highest BCUT2D eigenvalue weighted by molar-refractivity contribution is 5.66. The molecule has 2 heterocycles. The van der Waals surface area contributed by atoms with Gasteiger partial charge in [0.15, 0.2) is 0 Å². The normalized spacial score (nSPS) is 14.9. The average molecular weight is 313 g/mol. The van der Waals surface area contributed by atoms with Crippen LogP contribution in [0, 0.1) is 0 Å². The first-order valence-corrected chi connectivity index (χ1v) is 8.11. The molecule has 5 nitrogen and oxygen atoms in total. The molecule has 122 valence electrons. The van der Waals surface area contributed by atoms with Crippen molar-refractivity contribution in [3.05, 3.63) is 52.8 Å². The summed E-state index contributed by atoms with van der Waals surface area (Å²) in [6, 6.07) is 10.5. The summed E-state index contributed by atoms with van der Waals surface area (Å²) >= 11 is 0. The Balaban J connectivity index is 1.84. The molecule has 1 aliphatic rings. The lowest BCUT2D eigenvalue weighted by Gasteiger charge is -2.28. The number of rotatable bonds is 5. The number of carboxylic acids is 1. The molecule has 0 unspecified atom stereocenters. The van der Waals surface area contributed by atoms with E-state index in [-0.39, 0.29) is 6.54 Å². The van der Waals surface area contributed by atoms with Crippen LogP contribution in [-0.2, 0) is 30.8 Å². The number of carbonyl (C=O) groups is 1. The van der Waals surface area contributed by atoms with Crippen molar-refractivity contribution >= 4 is 5.97 Å². The first kappa shape index (κ1) is 15.7. The molecule has 1 N–H and O–H groups in total. The van der Waals surface area contributed by atoms with Crippen molar-refractivity contribution < 1.29 is 9.90 Å². The third kappa shape index (κ3) is 3.45. The molecule has 23 heavy (non-hydrogen) atoms. The number of aromatic nitrogens is 2. The maximum atomic E-state index is 11.1. The zero-order valence-corrected chi connectivity index (χ0v) is 13.7. The van der Waals surface area contributed by atoms with Crippen LogP contribution in [0.3, 0.4) is 0 Å². The Hall–Kier alpha value is -2.14. The van der Waals surface area contributed by atoms with E-state index in [1.165, 1.54) is 11.1 Å². The van der Waals surface area contributed by atoms with Gasteiger partial charge in [-0.1, -0.05) is 44.2 Å². The lowest BCUT2D eigenvalue weighted by atomic mass is 9.99. The average Bonchev–Trinajstić information content (AvgIpc) is 2.86. The Morgan fingerprint density at radius 1 is 1.30 bits per heavy atom. The summed E-state index contributed by atoms with van der Waals surface area (Å²) in [5.41, 5.74) is 4.67. The summed E-state index contributed by atoms with van der Waals surface area (Å²) < 4.78 is 1.69. The molecule has 0 atom stereocenters. The first-order chi connectivity index (χ1) is 11.0. The fourth-order valence-corrected chi connectivity index (χ4v) is 3.27. The van der Waals surface area contributed by atoms with Gasteiger partial charge >= 0.3 is 5.97 Å². The monoisotopic (exact) mass is 313 g/mol. The van der Waals surface area contributed by atoms with Crippen LogP contribution in [0.2, 0.25) is 0 Å². The van der Waals surface area contributed by atoms with Gasteiger partial charge in [0, 0.05) is 37.3 Å². The molecule has 0 radical (unpaired) electrons. The van der Waals surface area contributed by atoms with Gasteiger partial charge in [0.05, 0.1) is 5.69 Å². The fourth-order valence-electron chi connectivity index (χ4n) is 3.27. The van der Waals surface area contributed by atoms with E-state index in [0.717, 1.165) is 37.4 Å². The fraction of sp³-hybridized carbons (Fsp3) is 0.444. The molecule has 0 saturated carbocycles. The lowest BCUT2D eigenvalue weighted by Crippen LogP contribution is -2.31. The standard InChI is InChI=1S/C18H23N3O2/c1-13(2)18-15-11-20(10-14-6-4-3-5-7-14)9-8-16(15)21(19-18)12-17(22)23/h3-7,13H,8-12H2,1-2H3,(H,22,23). The van der Waals surface area contributed by atoms with Crippen LogP contribution in [0.25, 0.3) is 0 Å². The van der Waals surface area contributed by atoms with Gasteiger partial charge in [0.2, 0.25) is 0 Å². The van der Waals surface area contributed by atoms with Gasteiger partial charge in [0.25, 0.3) is 0 Å².